The highest BCUT2D eigenvalue weighted by molar-refractivity contribution is 7.10. The Balaban J connectivity index is 1.46. The van der Waals surface area contributed by atoms with Gasteiger partial charge in [-0.15, -0.1) is 5.10 Å². The van der Waals surface area contributed by atoms with E-state index in [1.807, 2.05) is 0 Å². The first-order valence-electron chi connectivity index (χ1n) is 7.56. The first kappa shape index (κ1) is 15.0. The molecule has 1 saturated carbocycles. The largest absolute Gasteiger partial charge is 0.346 e. The molecule has 122 valence electrons. The number of halogens is 1. The quantitative estimate of drug-likeness (QED) is 0.874. The summed E-state index contributed by atoms with van der Waals surface area (Å²) in [7, 11) is 0. The molecule has 1 amide bonds. The molecule has 2 aliphatic rings. The molecule has 0 bridgehead atoms. The van der Waals surface area contributed by atoms with Crippen LogP contribution in [-0.2, 0) is 6.54 Å². The summed E-state index contributed by atoms with van der Waals surface area (Å²) in [5.74, 6) is 0.314. The lowest BCUT2D eigenvalue weighted by Crippen LogP contribution is -2.27. The summed E-state index contributed by atoms with van der Waals surface area (Å²) in [6, 6.07) is 0.259. The van der Waals surface area contributed by atoms with E-state index in [4.69, 9.17) is 16.1 Å². The molecule has 2 aromatic rings. The molecule has 1 atom stereocenters. The minimum Gasteiger partial charge on any atom is -0.346 e. The minimum atomic E-state index is -0.265. The molecule has 1 aliphatic heterocycles. The Hall–Kier alpha value is -1.58. The number of likely N-dealkylation sites (tertiary alicyclic amines) is 1. The van der Waals surface area contributed by atoms with Gasteiger partial charge in [0.25, 0.3) is 11.7 Å². The van der Waals surface area contributed by atoms with Crippen LogP contribution in [0.3, 0.4) is 0 Å². The summed E-state index contributed by atoms with van der Waals surface area (Å²) in [4.78, 5) is 18.4. The van der Waals surface area contributed by atoms with Crippen LogP contribution in [0.15, 0.2) is 4.52 Å². The van der Waals surface area contributed by atoms with Crippen molar-refractivity contribution in [1.82, 2.24) is 29.9 Å². The van der Waals surface area contributed by atoms with Crippen LogP contribution in [0.4, 0.5) is 0 Å². The minimum absolute atomic E-state index is 0.0114. The molecule has 2 fully saturated rings. The van der Waals surface area contributed by atoms with Crippen molar-refractivity contribution in [2.75, 3.05) is 6.54 Å². The van der Waals surface area contributed by atoms with Gasteiger partial charge >= 0.3 is 0 Å². The maximum atomic E-state index is 12.0. The average molecular weight is 355 g/mol. The summed E-state index contributed by atoms with van der Waals surface area (Å²) in [6.45, 7) is 1.48. The molecular formula is C13H15ClN6O2S. The van der Waals surface area contributed by atoms with E-state index in [2.05, 4.69) is 29.9 Å². The zero-order chi connectivity index (χ0) is 15.8. The van der Waals surface area contributed by atoms with Crippen molar-refractivity contribution < 1.29 is 9.32 Å². The maximum Gasteiger partial charge on any atom is 0.292 e. The zero-order valence-electron chi connectivity index (χ0n) is 12.2. The smallest absolute Gasteiger partial charge is 0.292 e. The van der Waals surface area contributed by atoms with Crippen LogP contribution in [0.5, 0.6) is 0 Å². The van der Waals surface area contributed by atoms with Crippen molar-refractivity contribution in [2.45, 2.75) is 44.3 Å². The van der Waals surface area contributed by atoms with Gasteiger partial charge in [-0.05, 0) is 32.2 Å². The lowest BCUT2D eigenvalue weighted by atomic mass is 10.2. The van der Waals surface area contributed by atoms with E-state index in [0.717, 1.165) is 37.9 Å². The number of carbonyl (C=O) groups excluding carboxylic acids is 1. The highest BCUT2D eigenvalue weighted by atomic mass is 35.5. The van der Waals surface area contributed by atoms with Gasteiger partial charge in [-0.1, -0.05) is 21.2 Å². The Morgan fingerprint density at radius 2 is 2.30 bits per heavy atom. The lowest BCUT2D eigenvalue weighted by Gasteiger charge is -2.19. The average Bonchev–Trinajstić information content (AvgIpc) is 2.96. The van der Waals surface area contributed by atoms with Crippen LogP contribution in [-0.4, -0.2) is 43.1 Å². The Bertz CT molecular complexity index is 715. The summed E-state index contributed by atoms with van der Waals surface area (Å²) < 4.78 is 9.77. The molecule has 4 rings (SSSR count). The molecule has 0 unspecified atom stereocenters. The first-order valence-corrected chi connectivity index (χ1v) is 8.71. The molecule has 1 aliphatic carbocycles. The number of hydrogen-bond acceptors (Lipinski definition) is 8. The van der Waals surface area contributed by atoms with E-state index < -0.39 is 0 Å². The fourth-order valence-corrected chi connectivity index (χ4v) is 3.33. The standard InChI is InChI=1S/C13H15ClN6O2S/c14-10-8(17-19-23-10)6-20-5-1-2-9(20)13-16-11(18-22-13)12(21)15-7-3-4-7/h7,9H,1-6H2,(H,15,21)/t9-/m1/s1. The van der Waals surface area contributed by atoms with Crippen molar-refractivity contribution in [2.24, 2.45) is 0 Å². The van der Waals surface area contributed by atoms with Crippen molar-refractivity contribution >= 4 is 29.0 Å². The van der Waals surface area contributed by atoms with Gasteiger partial charge < -0.3 is 9.84 Å². The van der Waals surface area contributed by atoms with Gasteiger partial charge in [0, 0.05) is 24.1 Å². The van der Waals surface area contributed by atoms with Gasteiger partial charge in [-0.25, -0.2) is 0 Å². The van der Waals surface area contributed by atoms with Crippen molar-refractivity contribution in [3.63, 3.8) is 0 Å². The van der Waals surface area contributed by atoms with Gasteiger partial charge in [-0.2, -0.15) is 4.98 Å². The molecule has 0 aromatic carbocycles. The summed E-state index contributed by atoms with van der Waals surface area (Å²) in [5.41, 5.74) is 0.759. The third-order valence-corrected chi connectivity index (χ3v) is 5.05. The van der Waals surface area contributed by atoms with Gasteiger partial charge in [0.1, 0.15) is 10.0 Å². The van der Waals surface area contributed by atoms with E-state index in [-0.39, 0.29) is 23.8 Å². The second-order valence-electron chi connectivity index (χ2n) is 5.83. The van der Waals surface area contributed by atoms with Crippen molar-refractivity contribution in [3.05, 3.63) is 21.7 Å². The van der Waals surface area contributed by atoms with Crippen LogP contribution in [0.2, 0.25) is 4.34 Å². The molecule has 23 heavy (non-hydrogen) atoms. The SMILES string of the molecule is O=C(NC1CC1)c1noc([C@H]2CCCN2Cc2nnsc2Cl)n1. The van der Waals surface area contributed by atoms with Crippen LogP contribution < -0.4 is 5.32 Å². The predicted molar refractivity (Wildman–Crippen MR) is 82.1 cm³/mol. The van der Waals surface area contributed by atoms with E-state index in [0.29, 0.717) is 16.8 Å². The molecule has 0 spiro atoms. The molecule has 2 aromatic heterocycles. The molecule has 1 N–H and O–H groups in total. The molecular weight excluding hydrogens is 340 g/mol. The Morgan fingerprint density at radius 1 is 1.43 bits per heavy atom. The monoisotopic (exact) mass is 354 g/mol. The Kier molecular flexibility index (Phi) is 4.00. The fourth-order valence-electron chi connectivity index (χ4n) is 2.72. The van der Waals surface area contributed by atoms with E-state index >= 15 is 0 Å². The number of nitrogens with zero attached hydrogens (tertiary/aromatic N) is 5. The van der Waals surface area contributed by atoms with Crippen LogP contribution in [0.1, 0.15) is 53.9 Å². The van der Waals surface area contributed by atoms with Gasteiger partial charge in [0.05, 0.1) is 6.04 Å². The number of nitrogens with one attached hydrogen (secondary N) is 1. The number of hydrogen-bond donors (Lipinski definition) is 1. The van der Waals surface area contributed by atoms with Crippen LogP contribution in [0.25, 0.3) is 0 Å². The molecule has 8 nitrogen and oxygen atoms in total. The molecule has 0 radical (unpaired) electrons. The third-order valence-electron chi connectivity index (χ3n) is 4.07. The topological polar surface area (TPSA) is 97.0 Å². The second kappa shape index (κ2) is 6.14. The molecule has 1 saturated heterocycles. The summed E-state index contributed by atoms with van der Waals surface area (Å²) >= 11 is 7.25. The number of carbonyl (C=O) groups is 1. The van der Waals surface area contributed by atoms with Gasteiger partial charge in [0.2, 0.25) is 5.89 Å². The van der Waals surface area contributed by atoms with Crippen molar-refractivity contribution in [1.29, 1.82) is 0 Å². The van der Waals surface area contributed by atoms with Crippen molar-refractivity contribution in [3.8, 4) is 0 Å². The predicted octanol–water partition coefficient (Wildman–Crippen LogP) is 1.80. The zero-order valence-corrected chi connectivity index (χ0v) is 13.8. The number of aromatic nitrogens is 4. The Labute approximate surface area is 141 Å². The third kappa shape index (κ3) is 3.22. The number of rotatable bonds is 5. The molecule has 10 heteroatoms. The lowest BCUT2D eigenvalue weighted by molar-refractivity contribution is 0.0937. The van der Waals surface area contributed by atoms with Gasteiger partial charge in [0.15, 0.2) is 0 Å². The molecule has 3 heterocycles. The second-order valence-corrected chi connectivity index (χ2v) is 7.18. The number of amides is 1. The van der Waals surface area contributed by atoms with E-state index in [9.17, 15) is 4.79 Å². The maximum absolute atomic E-state index is 12.0. The highest BCUT2D eigenvalue weighted by Crippen LogP contribution is 2.33. The van der Waals surface area contributed by atoms with Gasteiger partial charge in [-0.3, -0.25) is 9.69 Å². The Morgan fingerprint density at radius 3 is 3.04 bits per heavy atom. The first-order chi connectivity index (χ1) is 11.2. The fraction of sp³-hybridized carbons (Fsp3) is 0.615. The summed E-state index contributed by atoms with van der Waals surface area (Å²) in [6.07, 6.45) is 3.97. The summed E-state index contributed by atoms with van der Waals surface area (Å²) in [5, 5.41) is 10.7. The van der Waals surface area contributed by atoms with Crippen LogP contribution in [0, 0.1) is 0 Å². The van der Waals surface area contributed by atoms with Crippen LogP contribution >= 0.6 is 23.1 Å². The highest BCUT2D eigenvalue weighted by Gasteiger charge is 2.33. The van der Waals surface area contributed by atoms with E-state index in [1.165, 1.54) is 11.5 Å². The van der Waals surface area contributed by atoms with E-state index in [1.54, 1.807) is 0 Å². The normalized spacial score (nSPS) is 21.7.